The Kier molecular flexibility index (Phi) is 7.23. The van der Waals surface area contributed by atoms with Crippen molar-refractivity contribution in [3.8, 4) is 0 Å². The second-order valence-electron chi connectivity index (χ2n) is 6.10. The van der Waals surface area contributed by atoms with Gasteiger partial charge in [-0.15, -0.1) is 0 Å². The van der Waals surface area contributed by atoms with E-state index in [0.717, 1.165) is 31.2 Å². The maximum absolute atomic E-state index is 12.6. The van der Waals surface area contributed by atoms with Gasteiger partial charge in [-0.2, -0.15) is 13.2 Å². The molecular formula is C17H22F3N3O3. The number of carbonyl (C=O) groups excluding carboxylic acids is 2. The first-order valence-electron chi connectivity index (χ1n) is 8.53. The van der Waals surface area contributed by atoms with Crippen LogP contribution in [0.25, 0.3) is 0 Å². The molecule has 2 rings (SSSR count). The van der Waals surface area contributed by atoms with Crippen molar-refractivity contribution in [3.63, 3.8) is 0 Å². The highest BCUT2D eigenvalue weighted by Crippen LogP contribution is 2.30. The first kappa shape index (κ1) is 20.0. The zero-order valence-corrected chi connectivity index (χ0v) is 14.3. The molecule has 0 bridgehead atoms. The molecule has 1 N–H and O–H groups in total. The first-order valence-corrected chi connectivity index (χ1v) is 8.53. The highest BCUT2D eigenvalue weighted by Gasteiger charge is 2.30. The minimum Gasteiger partial charge on any atom is -0.440 e. The van der Waals surface area contributed by atoms with Crippen molar-refractivity contribution in [1.82, 2.24) is 15.2 Å². The molecular weight excluding hydrogens is 351 g/mol. The van der Waals surface area contributed by atoms with Gasteiger partial charge in [-0.1, -0.05) is 12.8 Å². The van der Waals surface area contributed by atoms with Gasteiger partial charge in [0.2, 0.25) is 5.91 Å². The van der Waals surface area contributed by atoms with E-state index in [0.29, 0.717) is 6.54 Å². The Hall–Kier alpha value is -2.32. The number of alkyl carbamates (subject to hydrolysis) is 1. The fourth-order valence-electron chi connectivity index (χ4n) is 2.95. The molecule has 2 amide bonds. The van der Waals surface area contributed by atoms with E-state index in [2.05, 4.69) is 15.0 Å². The van der Waals surface area contributed by atoms with Gasteiger partial charge in [0.1, 0.15) is 0 Å². The molecule has 144 valence electrons. The lowest BCUT2D eigenvalue weighted by atomic mass is 10.0. The molecule has 0 radical (unpaired) electrons. The van der Waals surface area contributed by atoms with Crippen LogP contribution in [0.2, 0.25) is 0 Å². The van der Waals surface area contributed by atoms with Crippen LogP contribution in [0.5, 0.6) is 0 Å². The normalized spacial score (nSPS) is 18.1. The summed E-state index contributed by atoms with van der Waals surface area (Å²) in [6, 6.07) is 3.71. The zero-order valence-electron chi connectivity index (χ0n) is 14.3. The maximum atomic E-state index is 12.6. The average molecular weight is 373 g/mol. The van der Waals surface area contributed by atoms with Crippen molar-refractivity contribution < 1.29 is 27.5 Å². The molecule has 0 aliphatic carbocycles. The predicted octanol–water partition coefficient (Wildman–Crippen LogP) is 3.20. The first-order chi connectivity index (χ1) is 12.4. The fourth-order valence-corrected chi connectivity index (χ4v) is 2.95. The van der Waals surface area contributed by atoms with Gasteiger partial charge in [-0.05, 0) is 30.5 Å². The van der Waals surface area contributed by atoms with Crippen LogP contribution in [0, 0.1) is 0 Å². The molecule has 1 atom stereocenters. The van der Waals surface area contributed by atoms with Crippen LogP contribution < -0.4 is 5.32 Å². The third kappa shape index (κ3) is 6.53. The molecule has 9 heteroatoms. The van der Waals surface area contributed by atoms with Crippen LogP contribution in [-0.2, 0) is 9.53 Å². The lowest BCUT2D eigenvalue weighted by Crippen LogP contribution is -2.37. The summed E-state index contributed by atoms with van der Waals surface area (Å²) in [5.74, 6) is -0.148. The Morgan fingerprint density at radius 2 is 1.96 bits per heavy atom. The van der Waals surface area contributed by atoms with E-state index < -0.39 is 18.9 Å². The molecule has 1 aromatic rings. The molecule has 1 aliphatic heterocycles. The Bertz CT molecular complexity index is 596. The molecule has 26 heavy (non-hydrogen) atoms. The van der Waals surface area contributed by atoms with Crippen molar-refractivity contribution >= 4 is 12.0 Å². The minimum atomic E-state index is -4.57. The van der Waals surface area contributed by atoms with E-state index in [1.807, 2.05) is 12.1 Å². The van der Waals surface area contributed by atoms with E-state index in [1.54, 1.807) is 17.3 Å². The van der Waals surface area contributed by atoms with E-state index in [1.165, 1.54) is 0 Å². The molecule has 6 nitrogen and oxygen atoms in total. The van der Waals surface area contributed by atoms with Crippen LogP contribution in [0.3, 0.4) is 0 Å². The number of alkyl halides is 3. The van der Waals surface area contributed by atoms with Crippen molar-refractivity contribution in [3.05, 3.63) is 30.1 Å². The highest BCUT2D eigenvalue weighted by molar-refractivity contribution is 5.77. The molecule has 0 aromatic carbocycles. The van der Waals surface area contributed by atoms with Gasteiger partial charge in [0.15, 0.2) is 6.61 Å². The summed E-state index contributed by atoms with van der Waals surface area (Å²) in [6.45, 7) is -1.11. The Morgan fingerprint density at radius 1 is 1.23 bits per heavy atom. The minimum absolute atomic E-state index is 0.00268. The number of hydrogen-bond acceptors (Lipinski definition) is 4. The summed E-state index contributed by atoms with van der Waals surface area (Å²) < 4.78 is 40.0. The summed E-state index contributed by atoms with van der Waals surface area (Å²) in [6.07, 6.45) is 1.40. The number of rotatable bonds is 5. The van der Waals surface area contributed by atoms with E-state index in [-0.39, 0.29) is 24.9 Å². The summed E-state index contributed by atoms with van der Waals surface area (Å²) in [5, 5.41) is 2.18. The lowest BCUT2D eigenvalue weighted by Gasteiger charge is -2.30. The maximum Gasteiger partial charge on any atom is 0.422 e. The average Bonchev–Trinajstić information content (AvgIpc) is 2.86. The van der Waals surface area contributed by atoms with Crippen molar-refractivity contribution in [2.75, 3.05) is 19.7 Å². The molecule has 1 saturated heterocycles. The highest BCUT2D eigenvalue weighted by atomic mass is 19.4. The number of nitrogens with one attached hydrogen (secondary N) is 1. The largest absolute Gasteiger partial charge is 0.440 e. The topological polar surface area (TPSA) is 71.5 Å². The number of ether oxygens (including phenoxy) is 1. The van der Waals surface area contributed by atoms with Crippen molar-refractivity contribution in [2.24, 2.45) is 0 Å². The number of nitrogens with zero attached hydrogens (tertiary/aromatic N) is 2. The second kappa shape index (κ2) is 9.40. The lowest BCUT2D eigenvalue weighted by molar-refractivity contribution is -0.160. The molecule has 1 fully saturated rings. The van der Waals surface area contributed by atoms with Gasteiger partial charge < -0.3 is 15.0 Å². The van der Waals surface area contributed by atoms with E-state index >= 15 is 0 Å². The summed E-state index contributed by atoms with van der Waals surface area (Å²) >= 11 is 0. The number of amides is 2. The van der Waals surface area contributed by atoms with Gasteiger partial charge in [0.25, 0.3) is 0 Å². The number of halogens is 3. The molecule has 1 aromatic heterocycles. The molecule has 0 unspecified atom stereocenters. The van der Waals surface area contributed by atoms with Gasteiger partial charge in [0, 0.05) is 31.9 Å². The number of aromatic nitrogens is 1. The number of carbonyl (C=O) groups is 2. The van der Waals surface area contributed by atoms with E-state index in [4.69, 9.17) is 0 Å². The summed E-state index contributed by atoms with van der Waals surface area (Å²) in [4.78, 5) is 29.6. The molecule has 2 heterocycles. The van der Waals surface area contributed by atoms with Crippen LogP contribution in [0.1, 0.15) is 43.7 Å². The van der Waals surface area contributed by atoms with Crippen molar-refractivity contribution in [2.45, 2.75) is 44.3 Å². The van der Waals surface area contributed by atoms with Crippen molar-refractivity contribution in [1.29, 1.82) is 0 Å². The van der Waals surface area contributed by atoms with Gasteiger partial charge in [0.05, 0.1) is 6.04 Å². The second-order valence-corrected chi connectivity index (χ2v) is 6.10. The Morgan fingerprint density at radius 3 is 2.65 bits per heavy atom. The Balaban J connectivity index is 1.86. The summed E-state index contributed by atoms with van der Waals surface area (Å²) in [7, 11) is 0. The third-order valence-corrected chi connectivity index (χ3v) is 4.14. The van der Waals surface area contributed by atoms with Crippen LogP contribution in [0.4, 0.5) is 18.0 Å². The molecule has 1 aliphatic rings. The predicted molar refractivity (Wildman–Crippen MR) is 87.2 cm³/mol. The van der Waals surface area contributed by atoms with Gasteiger partial charge >= 0.3 is 12.3 Å². The SMILES string of the molecule is O=C(NCCC(=O)N1CCCCC[C@@H]1c1ccncc1)OCC(F)(F)F. The van der Waals surface area contributed by atoms with Gasteiger partial charge in [-0.25, -0.2) is 4.79 Å². The van der Waals surface area contributed by atoms with Gasteiger partial charge in [-0.3, -0.25) is 9.78 Å². The Labute approximate surface area is 149 Å². The number of likely N-dealkylation sites (tertiary alicyclic amines) is 1. The van der Waals surface area contributed by atoms with E-state index in [9.17, 15) is 22.8 Å². The standard InChI is InChI=1S/C17H22F3N3O3/c18-17(19,20)12-26-16(25)22-10-7-15(24)23-11-3-1-2-4-14(23)13-5-8-21-9-6-13/h5-6,8-9,14H,1-4,7,10-12H2,(H,22,25)/t14-/m1/s1. The molecule has 0 spiro atoms. The monoisotopic (exact) mass is 373 g/mol. The van der Waals surface area contributed by atoms with Crippen LogP contribution in [0.15, 0.2) is 24.5 Å². The number of pyridine rings is 1. The van der Waals surface area contributed by atoms with Crippen LogP contribution >= 0.6 is 0 Å². The quantitative estimate of drug-likeness (QED) is 0.860. The van der Waals surface area contributed by atoms with Crippen LogP contribution in [-0.4, -0.2) is 47.8 Å². The third-order valence-electron chi connectivity index (χ3n) is 4.14. The zero-order chi connectivity index (χ0) is 19.0. The summed E-state index contributed by atoms with van der Waals surface area (Å²) in [5.41, 5.74) is 1.01. The fraction of sp³-hybridized carbons (Fsp3) is 0.588. The smallest absolute Gasteiger partial charge is 0.422 e. The molecule has 0 saturated carbocycles. The number of hydrogen-bond donors (Lipinski definition) is 1.